The van der Waals surface area contributed by atoms with Gasteiger partial charge in [0.05, 0.1) is 13.2 Å². The van der Waals surface area contributed by atoms with Gasteiger partial charge in [0, 0.05) is 6.42 Å². The van der Waals surface area contributed by atoms with Crippen molar-refractivity contribution in [1.82, 2.24) is 19.5 Å². The molecule has 2 N–H and O–H groups in total. The average molecular weight is 369 g/mol. The van der Waals surface area contributed by atoms with Gasteiger partial charge in [0.25, 0.3) is 0 Å². The van der Waals surface area contributed by atoms with Crippen LogP contribution in [0.2, 0.25) is 0 Å². The SMILES string of the molecule is C=C1O[C@@H](n2cnc3c(N)ncnc32)C[C@@H]1OP(=O)(OCC)OCC. The normalized spacial score (nSPS) is 21.0. The van der Waals surface area contributed by atoms with Crippen molar-refractivity contribution in [2.45, 2.75) is 32.6 Å². The second-order valence-electron chi connectivity index (χ2n) is 5.23. The van der Waals surface area contributed by atoms with Crippen LogP contribution in [-0.4, -0.2) is 38.8 Å². The Labute approximate surface area is 144 Å². The standard InChI is InChI=1S/C14H20N5O5P/c1-4-21-25(20,22-5-2)24-10-6-11(23-9(10)3)19-8-18-12-13(15)16-7-17-14(12)19/h7-8,10-11H,3-6H2,1-2H3,(H2,15,16,17)/t10-,11+/m0/s1. The minimum atomic E-state index is -3.68. The largest absolute Gasteiger partial charge is 0.475 e. The lowest BCUT2D eigenvalue weighted by atomic mass is 10.2. The van der Waals surface area contributed by atoms with Crippen LogP contribution in [0.4, 0.5) is 5.82 Å². The molecule has 0 radical (unpaired) electrons. The Kier molecular flexibility index (Phi) is 5.05. The molecule has 2 aromatic heterocycles. The molecule has 0 aromatic carbocycles. The summed E-state index contributed by atoms with van der Waals surface area (Å²) < 4.78 is 35.8. The molecule has 25 heavy (non-hydrogen) atoms. The van der Waals surface area contributed by atoms with Crippen molar-refractivity contribution in [2.24, 2.45) is 0 Å². The lowest BCUT2D eigenvalue weighted by Crippen LogP contribution is -2.13. The van der Waals surface area contributed by atoms with E-state index < -0.39 is 20.2 Å². The van der Waals surface area contributed by atoms with E-state index in [1.807, 2.05) is 0 Å². The Morgan fingerprint density at radius 2 is 2.08 bits per heavy atom. The molecule has 0 aliphatic carbocycles. The number of nitrogens with two attached hydrogens (primary N) is 1. The molecule has 2 atom stereocenters. The number of phosphoric ester groups is 1. The van der Waals surface area contributed by atoms with Gasteiger partial charge in [-0.15, -0.1) is 0 Å². The van der Waals surface area contributed by atoms with E-state index in [-0.39, 0.29) is 19.0 Å². The zero-order valence-electron chi connectivity index (χ0n) is 14.0. The van der Waals surface area contributed by atoms with Crippen molar-refractivity contribution in [3.63, 3.8) is 0 Å². The number of nitrogen functional groups attached to an aromatic ring is 1. The van der Waals surface area contributed by atoms with E-state index in [9.17, 15) is 4.57 Å². The van der Waals surface area contributed by atoms with E-state index in [1.54, 1.807) is 24.7 Å². The third kappa shape index (κ3) is 3.52. The van der Waals surface area contributed by atoms with Crippen LogP contribution in [-0.2, 0) is 22.9 Å². The number of fused-ring (bicyclic) bond motifs is 1. The highest BCUT2D eigenvalue weighted by Crippen LogP contribution is 2.53. The molecule has 1 aliphatic rings. The van der Waals surface area contributed by atoms with Gasteiger partial charge in [0.2, 0.25) is 0 Å². The molecular formula is C14H20N5O5P. The predicted molar refractivity (Wildman–Crippen MR) is 89.3 cm³/mol. The number of hydrogen-bond donors (Lipinski definition) is 1. The molecule has 3 heterocycles. The summed E-state index contributed by atoms with van der Waals surface area (Å²) in [5.74, 6) is 0.610. The number of phosphoric acid groups is 1. The number of imidazole rings is 1. The quantitative estimate of drug-likeness (QED) is 0.733. The first-order valence-corrected chi connectivity index (χ1v) is 9.29. The molecule has 136 valence electrons. The van der Waals surface area contributed by atoms with E-state index in [4.69, 9.17) is 24.0 Å². The van der Waals surface area contributed by atoms with E-state index in [2.05, 4.69) is 21.5 Å². The van der Waals surface area contributed by atoms with Crippen molar-refractivity contribution in [1.29, 1.82) is 0 Å². The number of ether oxygens (including phenoxy) is 1. The van der Waals surface area contributed by atoms with Gasteiger partial charge in [0.15, 0.2) is 17.7 Å². The zero-order valence-corrected chi connectivity index (χ0v) is 14.9. The van der Waals surface area contributed by atoms with Gasteiger partial charge < -0.3 is 10.5 Å². The summed E-state index contributed by atoms with van der Waals surface area (Å²) in [4.78, 5) is 12.3. The molecule has 1 fully saturated rings. The van der Waals surface area contributed by atoms with Crippen molar-refractivity contribution in [3.8, 4) is 0 Å². The highest BCUT2D eigenvalue weighted by atomic mass is 31.2. The van der Waals surface area contributed by atoms with Crippen LogP contribution in [0, 0.1) is 0 Å². The van der Waals surface area contributed by atoms with Crippen LogP contribution in [0.5, 0.6) is 0 Å². The van der Waals surface area contributed by atoms with Gasteiger partial charge in [-0.1, -0.05) is 6.58 Å². The third-order valence-electron chi connectivity index (χ3n) is 3.59. The minimum absolute atomic E-state index is 0.198. The van der Waals surface area contributed by atoms with Gasteiger partial charge in [0.1, 0.15) is 30.0 Å². The van der Waals surface area contributed by atoms with Crippen LogP contribution in [0.1, 0.15) is 26.5 Å². The zero-order chi connectivity index (χ0) is 18.0. The highest BCUT2D eigenvalue weighted by Gasteiger charge is 2.39. The first-order chi connectivity index (χ1) is 12.0. The molecule has 0 unspecified atom stereocenters. The van der Waals surface area contributed by atoms with Crippen LogP contribution >= 0.6 is 7.82 Å². The number of anilines is 1. The predicted octanol–water partition coefficient (Wildman–Crippen LogP) is 2.41. The third-order valence-corrected chi connectivity index (χ3v) is 5.25. The first kappa shape index (κ1) is 17.8. The van der Waals surface area contributed by atoms with Gasteiger partial charge >= 0.3 is 7.82 Å². The second-order valence-corrected chi connectivity index (χ2v) is 6.86. The van der Waals surface area contributed by atoms with Crippen LogP contribution in [0.3, 0.4) is 0 Å². The van der Waals surface area contributed by atoms with Crippen LogP contribution < -0.4 is 5.73 Å². The smallest absolute Gasteiger partial charge is 0.472 e. The molecule has 0 saturated carbocycles. The molecular weight excluding hydrogens is 349 g/mol. The molecule has 0 spiro atoms. The van der Waals surface area contributed by atoms with Gasteiger partial charge in [-0.25, -0.2) is 19.5 Å². The summed E-state index contributed by atoms with van der Waals surface area (Å²) in [6.07, 6.45) is 2.13. The number of aromatic nitrogens is 4. The highest BCUT2D eigenvalue weighted by molar-refractivity contribution is 7.48. The Morgan fingerprint density at radius 3 is 2.76 bits per heavy atom. The van der Waals surface area contributed by atoms with E-state index >= 15 is 0 Å². The maximum Gasteiger partial charge on any atom is 0.475 e. The van der Waals surface area contributed by atoms with Crippen LogP contribution in [0.15, 0.2) is 25.0 Å². The van der Waals surface area contributed by atoms with Crippen molar-refractivity contribution < 1.29 is 22.9 Å². The van der Waals surface area contributed by atoms with Gasteiger partial charge in [-0.05, 0) is 13.8 Å². The van der Waals surface area contributed by atoms with Crippen molar-refractivity contribution in [3.05, 3.63) is 25.0 Å². The van der Waals surface area contributed by atoms with Crippen molar-refractivity contribution >= 4 is 24.8 Å². The fourth-order valence-corrected chi connectivity index (χ4v) is 3.88. The maximum atomic E-state index is 12.5. The van der Waals surface area contributed by atoms with Gasteiger partial charge in [-0.2, -0.15) is 0 Å². The fraction of sp³-hybridized carbons (Fsp3) is 0.500. The lowest BCUT2D eigenvalue weighted by molar-refractivity contribution is 0.0924. The summed E-state index contributed by atoms with van der Waals surface area (Å²) in [7, 11) is -3.68. The van der Waals surface area contributed by atoms with Crippen LogP contribution in [0.25, 0.3) is 11.2 Å². The summed E-state index contributed by atoms with van der Waals surface area (Å²) in [6, 6.07) is 0. The molecule has 0 amide bonds. The monoisotopic (exact) mass is 369 g/mol. The summed E-state index contributed by atoms with van der Waals surface area (Å²) in [5, 5.41) is 0. The van der Waals surface area contributed by atoms with Gasteiger partial charge in [-0.3, -0.25) is 18.1 Å². The minimum Gasteiger partial charge on any atom is -0.472 e. The molecule has 1 aliphatic heterocycles. The van der Waals surface area contributed by atoms with E-state index in [0.717, 1.165) is 0 Å². The summed E-state index contributed by atoms with van der Waals surface area (Å²) in [6.45, 7) is 7.64. The first-order valence-electron chi connectivity index (χ1n) is 7.83. The molecule has 3 rings (SSSR count). The van der Waals surface area contributed by atoms with E-state index in [1.165, 1.54) is 6.33 Å². The lowest BCUT2D eigenvalue weighted by Gasteiger charge is -2.19. The Hall–Kier alpha value is -2.00. The average Bonchev–Trinajstić information content (AvgIpc) is 3.13. The Bertz CT molecular complexity index is 815. The molecule has 2 aromatic rings. The second kappa shape index (κ2) is 7.09. The molecule has 0 bridgehead atoms. The summed E-state index contributed by atoms with van der Waals surface area (Å²) >= 11 is 0. The maximum absolute atomic E-state index is 12.5. The Balaban J connectivity index is 1.80. The fourth-order valence-electron chi connectivity index (χ4n) is 2.54. The molecule has 10 nitrogen and oxygen atoms in total. The number of nitrogens with zero attached hydrogens (tertiary/aromatic N) is 4. The number of rotatable bonds is 7. The van der Waals surface area contributed by atoms with E-state index in [0.29, 0.717) is 23.3 Å². The number of hydrogen-bond acceptors (Lipinski definition) is 9. The van der Waals surface area contributed by atoms with Crippen molar-refractivity contribution in [2.75, 3.05) is 18.9 Å². The molecule has 1 saturated heterocycles. The molecule has 11 heteroatoms. The topological polar surface area (TPSA) is 124 Å². The Morgan fingerprint density at radius 1 is 1.36 bits per heavy atom. The summed E-state index contributed by atoms with van der Waals surface area (Å²) in [5.41, 5.74) is 6.81.